The maximum atomic E-state index is 9.50. The second-order valence-electron chi connectivity index (χ2n) is 22.5. The second kappa shape index (κ2) is 21.7. The van der Waals surface area contributed by atoms with Crippen LogP contribution in [0, 0.1) is 0 Å². The van der Waals surface area contributed by atoms with Crippen molar-refractivity contribution >= 4 is 130 Å². The lowest BCUT2D eigenvalue weighted by atomic mass is 9.83. The fraction of sp³-hybridized carbons (Fsp3) is 0. The highest BCUT2D eigenvalue weighted by atomic mass is 16.3. The second-order valence-corrected chi connectivity index (χ2v) is 22.5. The van der Waals surface area contributed by atoms with Gasteiger partial charge in [-0.25, -0.2) is 0 Å². The van der Waals surface area contributed by atoms with E-state index in [0.717, 1.165) is 49.4 Å². The van der Waals surface area contributed by atoms with Crippen LogP contribution in [0.4, 0.5) is 0 Å². The van der Waals surface area contributed by atoms with Gasteiger partial charge in [-0.2, -0.15) is 0 Å². The Balaban J connectivity index is 0.000000163. The first kappa shape index (κ1) is 31.6. The van der Waals surface area contributed by atoms with Crippen molar-refractivity contribution in [2.75, 3.05) is 0 Å². The van der Waals surface area contributed by atoms with Crippen LogP contribution in [0.25, 0.3) is 197 Å². The van der Waals surface area contributed by atoms with Gasteiger partial charge in [0.2, 0.25) is 0 Å². The minimum Gasteiger partial charge on any atom is -0.456 e. The van der Waals surface area contributed by atoms with Crippen molar-refractivity contribution in [3.63, 3.8) is 0 Å². The first-order valence-corrected chi connectivity index (χ1v) is 29.9. The Hall–Kier alpha value is -12.4. The number of furan rings is 2. The predicted octanol–water partition coefficient (Wildman–Crippen LogP) is 26.4. The van der Waals surface area contributed by atoms with Crippen LogP contribution in [-0.2, 0) is 0 Å². The van der Waals surface area contributed by atoms with Gasteiger partial charge in [-0.1, -0.05) is 315 Å². The molecule has 0 aliphatic carbocycles. The Morgan fingerprint density at radius 3 is 1.02 bits per heavy atom. The van der Waals surface area contributed by atoms with Gasteiger partial charge >= 0.3 is 0 Å². The average molecular weight is 1220 g/mol. The summed E-state index contributed by atoms with van der Waals surface area (Å²) >= 11 is 0. The smallest absolute Gasteiger partial charge is 0.143 e. The maximum absolute atomic E-state index is 9.50. The van der Waals surface area contributed by atoms with E-state index in [1.165, 1.54) is 0 Å². The Morgan fingerprint density at radius 1 is 0.191 bits per heavy atom. The SMILES string of the molecule is [2H]c1c([2H])c([2H])c2c(-c3c4c([2H])c([2H])c([2H])c([2H])c4c(-c4ccc(-c5ccc6oc7ccccc7c6c5)c5ccccc45)c4c([2H])c([2H])c([2H])c([2H])c34)c([2H])c([2H])c([2H])c2c1[2H].[2H]c1c([2H])c([2H])c2c(-c3c4c([2H])c([2H])c([2H])c([2H])c4c(-c4ccc(-c5cccc6c5oc5ccccc56)c5ccccc45)c4c([2H])c([2H])c([2H])c([2H])c34)c([2H])c([2H])c([2H])c2c1[2H]. The van der Waals surface area contributed by atoms with Crippen LogP contribution in [0.2, 0.25) is 0 Å². The first-order chi connectivity index (χ1) is 59.1. The molecule has 0 spiro atoms. The molecular weight excluding hydrogens is 1140 g/mol. The molecule has 2 heteroatoms. The molecule has 20 aromatic rings. The van der Waals surface area contributed by atoms with Gasteiger partial charge < -0.3 is 8.83 Å². The fourth-order valence-electron chi connectivity index (χ4n) is 13.7. The number of fused-ring (bicyclic) bond motifs is 14. The quantitative estimate of drug-likeness (QED) is 0.155. The molecule has 436 valence electrons. The van der Waals surface area contributed by atoms with E-state index in [-0.39, 0.29) is 65.3 Å². The summed E-state index contributed by atoms with van der Waals surface area (Å²) in [6, 6.07) is 28.4. The molecule has 2 heterocycles. The van der Waals surface area contributed by atoms with E-state index >= 15 is 0 Å². The molecule has 0 amide bonds. The Kier molecular flexibility index (Phi) is 7.28. The number of para-hydroxylation sites is 3. The summed E-state index contributed by atoms with van der Waals surface area (Å²) in [5.74, 6) is 0. The molecule has 0 fully saturated rings. The van der Waals surface area contributed by atoms with Gasteiger partial charge in [0.1, 0.15) is 22.3 Å². The third-order valence-corrected chi connectivity index (χ3v) is 17.6. The van der Waals surface area contributed by atoms with E-state index < -0.39 is 214 Å². The number of rotatable bonds is 6. The average Bonchev–Trinajstić information content (AvgIpc) is 0.791. The molecule has 0 radical (unpaired) electrons. The molecule has 0 bridgehead atoms. The molecule has 0 aliphatic heterocycles. The van der Waals surface area contributed by atoms with E-state index in [0.29, 0.717) is 49.4 Å². The van der Waals surface area contributed by atoms with Crippen LogP contribution in [0.3, 0.4) is 0 Å². The Bertz CT molecular complexity index is 8190. The summed E-state index contributed by atoms with van der Waals surface area (Å²) in [5, 5.41) is 2.58. The summed E-state index contributed by atoms with van der Waals surface area (Å²) < 4.78 is 283. The maximum Gasteiger partial charge on any atom is 0.143 e. The Morgan fingerprint density at radius 2 is 0.532 bits per heavy atom. The van der Waals surface area contributed by atoms with Gasteiger partial charge in [0.05, 0.1) is 41.1 Å². The third kappa shape index (κ3) is 8.37. The monoisotopic (exact) mass is 1220 g/mol. The largest absolute Gasteiger partial charge is 0.456 e. The number of hydrogen-bond acceptors (Lipinski definition) is 2. The van der Waals surface area contributed by atoms with Crippen LogP contribution in [0.5, 0.6) is 0 Å². The van der Waals surface area contributed by atoms with Crippen molar-refractivity contribution in [3.05, 3.63) is 339 Å². The zero-order chi connectivity index (χ0) is 87.9. The lowest BCUT2D eigenvalue weighted by molar-refractivity contribution is 0.669. The van der Waals surface area contributed by atoms with Gasteiger partial charge in [0.25, 0.3) is 0 Å². The first-order valence-electron chi connectivity index (χ1n) is 44.9. The summed E-state index contributed by atoms with van der Waals surface area (Å²) in [5.41, 5.74) is 5.10. The molecule has 20 rings (SSSR count). The molecular formula is C92H56O2. The molecule has 0 atom stereocenters. The highest BCUT2D eigenvalue weighted by Crippen LogP contribution is 2.51. The molecule has 0 unspecified atom stereocenters. The molecule has 0 N–H and O–H groups in total. The summed E-state index contributed by atoms with van der Waals surface area (Å²) in [4.78, 5) is 0. The van der Waals surface area contributed by atoms with Crippen molar-refractivity contribution in [2.45, 2.75) is 0 Å². The van der Waals surface area contributed by atoms with Gasteiger partial charge in [-0.05, 0) is 172 Å². The zero-order valence-electron chi connectivity index (χ0n) is 78.8. The normalized spacial score (nSPS) is 16.3. The lowest BCUT2D eigenvalue weighted by Crippen LogP contribution is -1.93. The van der Waals surface area contributed by atoms with E-state index in [1.54, 1.807) is 30.3 Å². The highest BCUT2D eigenvalue weighted by molar-refractivity contribution is 6.28. The number of benzene rings is 18. The summed E-state index contributed by atoms with van der Waals surface area (Å²) in [7, 11) is 0. The number of hydrogen-bond donors (Lipinski definition) is 0. The van der Waals surface area contributed by atoms with Gasteiger partial charge in [-0.3, -0.25) is 0 Å². The van der Waals surface area contributed by atoms with E-state index in [2.05, 4.69) is 0 Å². The van der Waals surface area contributed by atoms with E-state index in [4.69, 9.17) is 36.2 Å². The van der Waals surface area contributed by atoms with Crippen LogP contribution in [-0.4, -0.2) is 0 Å². The zero-order valence-corrected chi connectivity index (χ0v) is 48.8. The van der Waals surface area contributed by atoms with Crippen LogP contribution >= 0.6 is 0 Å². The Labute approximate surface area is 584 Å². The molecule has 0 aliphatic rings. The standard InChI is InChI=1S/2C46H28O/c1-2-15-30-29(13-1)14-11-23-35(30)44-36-19-5-7-21-38(36)45(39-22-8-6-20-37(39)44)40-28-27-33(31-16-3-4-17-32(31)40)41-24-12-25-42-34-18-9-10-26-43(34)47-46(41)42;1-2-14-31-29(12-1)13-11-22-36(31)45-37-18-5-7-20-39(37)46(40-21-8-6-19-38(40)45)41-26-25-32(33-15-3-4-16-34(33)41)30-24-27-44-42(28-30)35-17-9-10-23-43(35)47-44/h2*1-28H/i1D,2D,5D,6D,7D,8D,11D,13D,14D,15D,19D,20D,21D,22D,23D;1D,2D,5D,6D,7D,8D,11D,12D,13D,14D,18D,19D,20D,21D,22D. The van der Waals surface area contributed by atoms with Crippen molar-refractivity contribution in [3.8, 4) is 66.8 Å². The van der Waals surface area contributed by atoms with Crippen molar-refractivity contribution in [1.82, 2.24) is 0 Å². The van der Waals surface area contributed by atoms with Crippen molar-refractivity contribution in [1.29, 1.82) is 0 Å². The molecule has 2 aromatic heterocycles. The lowest BCUT2D eigenvalue weighted by Gasteiger charge is -2.20. The van der Waals surface area contributed by atoms with Gasteiger partial charge in [0, 0.05) is 27.1 Å². The minimum absolute atomic E-state index is 0.0309. The molecule has 94 heavy (non-hydrogen) atoms. The van der Waals surface area contributed by atoms with Gasteiger partial charge in [-0.15, -0.1) is 0 Å². The van der Waals surface area contributed by atoms with Crippen LogP contribution < -0.4 is 0 Å². The molecule has 0 saturated heterocycles. The predicted molar refractivity (Wildman–Crippen MR) is 400 cm³/mol. The van der Waals surface area contributed by atoms with Crippen LogP contribution in [0.15, 0.2) is 348 Å². The van der Waals surface area contributed by atoms with Crippen LogP contribution in [0.1, 0.15) is 41.1 Å². The highest BCUT2D eigenvalue weighted by Gasteiger charge is 2.24. The van der Waals surface area contributed by atoms with Crippen molar-refractivity contribution < 1.29 is 50.0 Å². The third-order valence-electron chi connectivity index (χ3n) is 17.6. The summed E-state index contributed by atoms with van der Waals surface area (Å²) in [6.45, 7) is 0. The fourth-order valence-corrected chi connectivity index (χ4v) is 13.7. The minimum atomic E-state index is -0.759. The molecule has 18 aromatic carbocycles. The molecule has 0 saturated carbocycles. The topological polar surface area (TPSA) is 26.3 Å². The van der Waals surface area contributed by atoms with E-state index in [9.17, 15) is 13.7 Å². The summed E-state index contributed by atoms with van der Waals surface area (Å²) in [6.07, 6.45) is 0. The molecule has 2 nitrogen and oxygen atoms in total. The van der Waals surface area contributed by atoms with Crippen molar-refractivity contribution in [2.24, 2.45) is 0 Å². The van der Waals surface area contributed by atoms with Gasteiger partial charge in [0.15, 0.2) is 0 Å². The van der Waals surface area contributed by atoms with E-state index in [1.807, 2.05) is 127 Å².